The minimum Gasteiger partial charge on any atom is -0.349 e. The van der Waals surface area contributed by atoms with Gasteiger partial charge in [0.2, 0.25) is 11.8 Å². The van der Waals surface area contributed by atoms with E-state index in [2.05, 4.69) is 20.7 Å². The average Bonchev–Trinajstić information content (AvgIpc) is 3.16. The number of carbonyl (C=O) groups is 2. The first kappa shape index (κ1) is 19.3. The van der Waals surface area contributed by atoms with Gasteiger partial charge in [-0.2, -0.15) is 5.10 Å². The predicted octanol–water partition coefficient (Wildman–Crippen LogP) is 2.84. The highest BCUT2D eigenvalue weighted by Gasteiger charge is 2.17. The van der Waals surface area contributed by atoms with Crippen LogP contribution in [0.3, 0.4) is 0 Å². The van der Waals surface area contributed by atoms with Gasteiger partial charge in [-0.25, -0.2) is 9.67 Å². The largest absolute Gasteiger partial charge is 0.349 e. The second-order valence-corrected chi connectivity index (χ2v) is 6.71. The molecule has 0 saturated heterocycles. The van der Waals surface area contributed by atoms with E-state index in [0.717, 1.165) is 16.7 Å². The summed E-state index contributed by atoms with van der Waals surface area (Å²) in [6.07, 6.45) is 3.31. The second-order valence-electron chi connectivity index (χ2n) is 6.71. The van der Waals surface area contributed by atoms with E-state index in [9.17, 15) is 9.59 Å². The molecule has 0 bridgehead atoms. The number of nitrogens with one attached hydrogen (secondary N) is 2. The van der Waals surface area contributed by atoms with E-state index in [1.165, 1.54) is 13.3 Å². The summed E-state index contributed by atoms with van der Waals surface area (Å²) in [5.41, 5.74) is 3.79. The number of hydrogen-bond donors (Lipinski definition) is 2. The molecule has 3 rings (SSSR count). The molecule has 0 radical (unpaired) electrons. The molecule has 1 atom stereocenters. The molecule has 0 aliphatic carbocycles. The van der Waals surface area contributed by atoms with Gasteiger partial charge in [0, 0.05) is 12.6 Å². The minimum absolute atomic E-state index is 0.156. The molecule has 1 aromatic heterocycles. The van der Waals surface area contributed by atoms with Crippen molar-refractivity contribution in [3.05, 3.63) is 77.9 Å². The maximum Gasteiger partial charge on any atom is 0.226 e. The van der Waals surface area contributed by atoms with Crippen LogP contribution >= 0.6 is 0 Å². The van der Waals surface area contributed by atoms with Gasteiger partial charge in [0.25, 0.3) is 0 Å². The van der Waals surface area contributed by atoms with E-state index in [-0.39, 0.29) is 24.3 Å². The summed E-state index contributed by atoms with van der Waals surface area (Å²) in [6, 6.07) is 15.0. The van der Waals surface area contributed by atoms with Crippen LogP contribution in [0.4, 0.5) is 5.69 Å². The molecule has 2 aromatic carbocycles. The van der Waals surface area contributed by atoms with Gasteiger partial charge in [0.15, 0.2) is 0 Å². The van der Waals surface area contributed by atoms with Crippen molar-refractivity contribution in [3.8, 4) is 0 Å². The Balaban J connectivity index is 1.62. The van der Waals surface area contributed by atoms with E-state index in [4.69, 9.17) is 0 Å². The molecule has 0 fully saturated rings. The zero-order chi connectivity index (χ0) is 19.9. The maximum absolute atomic E-state index is 12.5. The average molecular weight is 377 g/mol. The van der Waals surface area contributed by atoms with Crippen LogP contribution in [0.1, 0.15) is 36.1 Å². The van der Waals surface area contributed by atoms with Gasteiger partial charge in [-0.1, -0.05) is 42.0 Å². The van der Waals surface area contributed by atoms with Crippen LogP contribution in [-0.2, 0) is 16.1 Å². The molecule has 2 amide bonds. The highest BCUT2D eigenvalue weighted by molar-refractivity contribution is 5.91. The highest BCUT2D eigenvalue weighted by atomic mass is 16.2. The summed E-state index contributed by atoms with van der Waals surface area (Å²) < 4.78 is 1.73. The van der Waals surface area contributed by atoms with Crippen molar-refractivity contribution in [1.29, 1.82) is 0 Å². The van der Waals surface area contributed by atoms with E-state index in [0.29, 0.717) is 12.2 Å². The van der Waals surface area contributed by atoms with Crippen molar-refractivity contribution in [2.75, 3.05) is 5.32 Å². The first-order chi connectivity index (χ1) is 13.5. The molecule has 1 heterocycles. The number of hydrogen-bond acceptors (Lipinski definition) is 4. The van der Waals surface area contributed by atoms with Crippen LogP contribution in [0.5, 0.6) is 0 Å². The number of aryl methyl sites for hydroxylation is 1. The van der Waals surface area contributed by atoms with E-state index in [1.807, 2.05) is 55.5 Å². The lowest BCUT2D eigenvalue weighted by atomic mass is 10.0. The van der Waals surface area contributed by atoms with Crippen LogP contribution in [0.2, 0.25) is 0 Å². The third-order valence-electron chi connectivity index (χ3n) is 4.30. The molecule has 28 heavy (non-hydrogen) atoms. The number of anilines is 1. The summed E-state index contributed by atoms with van der Waals surface area (Å²) in [5, 5.41) is 9.81. The molecule has 3 aromatic rings. The molecule has 2 N–H and O–H groups in total. The number of rotatable bonds is 7. The fourth-order valence-electron chi connectivity index (χ4n) is 2.89. The Labute approximate surface area is 163 Å². The SMILES string of the molecule is CC(=O)NC(CC(=O)Nc1ccc(Cn2cncn2)cc1)c1ccc(C)cc1. The van der Waals surface area contributed by atoms with Crippen LogP contribution in [-0.4, -0.2) is 26.6 Å². The fourth-order valence-corrected chi connectivity index (χ4v) is 2.89. The first-order valence-electron chi connectivity index (χ1n) is 9.04. The summed E-state index contributed by atoms with van der Waals surface area (Å²) in [6.45, 7) is 4.07. The van der Waals surface area contributed by atoms with E-state index in [1.54, 1.807) is 11.0 Å². The smallest absolute Gasteiger partial charge is 0.226 e. The third kappa shape index (κ3) is 5.51. The summed E-state index contributed by atoms with van der Waals surface area (Å²) in [5.74, 6) is -0.334. The lowest BCUT2D eigenvalue weighted by Gasteiger charge is -2.18. The van der Waals surface area contributed by atoms with Crippen molar-refractivity contribution in [1.82, 2.24) is 20.1 Å². The predicted molar refractivity (Wildman–Crippen MR) is 107 cm³/mol. The summed E-state index contributed by atoms with van der Waals surface area (Å²) in [4.78, 5) is 28.0. The molecule has 0 aliphatic rings. The Kier molecular flexibility index (Phi) is 6.16. The molecule has 0 spiro atoms. The van der Waals surface area contributed by atoms with Gasteiger partial charge in [-0.3, -0.25) is 9.59 Å². The number of benzene rings is 2. The van der Waals surface area contributed by atoms with Crippen molar-refractivity contribution >= 4 is 17.5 Å². The number of carbonyl (C=O) groups excluding carboxylic acids is 2. The van der Waals surface area contributed by atoms with Gasteiger partial charge in [-0.15, -0.1) is 0 Å². The fraction of sp³-hybridized carbons (Fsp3) is 0.238. The van der Waals surface area contributed by atoms with E-state index >= 15 is 0 Å². The molecule has 7 heteroatoms. The third-order valence-corrected chi connectivity index (χ3v) is 4.30. The Bertz CT molecular complexity index is 918. The zero-order valence-electron chi connectivity index (χ0n) is 15.9. The quantitative estimate of drug-likeness (QED) is 0.663. The molecule has 0 aliphatic heterocycles. The Hall–Kier alpha value is -3.48. The van der Waals surface area contributed by atoms with Gasteiger partial charge < -0.3 is 10.6 Å². The first-order valence-corrected chi connectivity index (χ1v) is 9.04. The van der Waals surface area contributed by atoms with Crippen molar-refractivity contribution in [3.63, 3.8) is 0 Å². The number of aromatic nitrogens is 3. The lowest BCUT2D eigenvalue weighted by molar-refractivity contribution is -0.120. The lowest BCUT2D eigenvalue weighted by Crippen LogP contribution is -2.29. The molecular weight excluding hydrogens is 354 g/mol. The topological polar surface area (TPSA) is 88.9 Å². The number of amides is 2. The molecule has 144 valence electrons. The van der Waals surface area contributed by atoms with E-state index < -0.39 is 0 Å². The number of nitrogens with zero attached hydrogens (tertiary/aromatic N) is 3. The van der Waals surface area contributed by atoms with Crippen LogP contribution < -0.4 is 10.6 Å². The standard InChI is InChI=1S/C21H23N5O2/c1-15-3-7-18(8-4-15)20(24-16(2)27)11-21(28)25-19-9-5-17(6-10-19)12-26-14-22-13-23-26/h3-10,13-14,20H,11-12H2,1-2H3,(H,24,27)(H,25,28). The summed E-state index contributed by atoms with van der Waals surface area (Å²) in [7, 11) is 0. The van der Waals surface area contributed by atoms with Crippen LogP contribution in [0, 0.1) is 6.92 Å². The van der Waals surface area contributed by atoms with Gasteiger partial charge in [-0.05, 0) is 30.2 Å². The zero-order valence-corrected chi connectivity index (χ0v) is 15.9. The second kappa shape index (κ2) is 8.94. The van der Waals surface area contributed by atoms with Crippen molar-refractivity contribution in [2.24, 2.45) is 0 Å². The van der Waals surface area contributed by atoms with Crippen molar-refractivity contribution in [2.45, 2.75) is 32.9 Å². The minimum atomic E-state index is -0.371. The van der Waals surface area contributed by atoms with Gasteiger partial charge >= 0.3 is 0 Å². The van der Waals surface area contributed by atoms with Crippen LogP contribution in [0.25, 0.3) is 0 Å². The normalized spacial score (nSPS) is 11.6. The van der Waals surface area contributed by atoms with Crippen LogP contribution in [0.15, 0.2) is 61.2 Å². The Morgan fingerprint density at radius 2 is 1.79 bits per heavy atom. The molecule has 1 unspecified atom stereocenters. The van der Waals surface area contributed by atoms with Gasteiger partial charge in [0.05, 0.1) is 19.0 Å². The Morgan fingerprint density at radius 3 is 2.39 bits per heavy atom. The van der Waals surface area contributed by atoms with Gasteiger partial charge in [0.1, 0.15) is 12.7 Å². The van der Waals surface area contributed by atoms with Crippen molar-refractivity contribution < 1.29 is 9.59 Å². The molecule has 0 saturated carbocycles. The maximum atomic E-state index is 12.5. The summed E-state index contributed by atoms with van der Waals surface area (Å²) >= 11 is 0. The monoisotopic (exact) mass is 377 g/mol. The Morgan fingerprint density at radius 1 is 1.07 bits per heavy atom. The highest BCUT2D eigenvalue weighted by Crippen LogP contribution is 2.19. The molecule has 7 nitrogen and oxygen atoms in total. The molecular formula is C21H23N5O2.